The first kappa shape index (κ1) is 15.3. The fourth-order valence-corrected chi connectivity index (χ4v) is 3.73. The highest BCUT2D eigenvalue weighted by atomic mass is 16.2. The Bertz CT molecular complexity index is 342. The van der Waals surface area contributed by atoms with Gasteiger partial charge in [0, 0.05) is 58.4 Å². The van der Waals surface area contributed by atoms with Crippen LogP contribution in [-0.4, -0.2) is 85.0 Å². The van der Waals surface area contributed by atoms with Gasteiger partial charge in [-0.1, -0.05) is 12.8 Å². The van der Waals surface area contributed by atoms with Gasteiger partial charge in [-0.3, -0.25) is 14.6 Å². The van der Waals surface area contributed by atoms with Crippen molar-refractivity contribution in [3.8, 4) is 0 Å². The first-order chi connectivity index (χ1) is 10.3. The van der Waals surface area contributed by atoms with E-state index >= 15 is 0 Å². The van der Waals surface area contributed by atoms with Gasteiger partial charge >= 0.3 is 0 Å². The van der Waals surface area contributed by atoms with Crippen LogP contribution in [0.3, 0.4) is 0 Å². The van der Waals surface area contributed by atoms with E-state index in [4.69, 9.17) is 0 Å². The van der Waals surface area contributed by atoms with Gasteiger partial charge in [-0.15, -0.1) is 0 Å². The van der Waals surface area contributed by atoms with E-state index in [9.17, 15) is 4.79 Å². The molecule has 3 fully saturated rings. The molecule has 0 aromatic carbocycles. The second-order valence-corrected chi connectivity index (χ2v) is 6.80. The van der Waals surface area contributed by atoms with Crippen LogP contribution in [0, 0.1) is 0 Å². The van der Waals surface area contributed by atoms with Crippen LogP contribution in [0.15, 0.2) is 0 Å². The number of carbonyl (C=O) groups is 1. The standard InChI is InChI=1S/C16H30N4O/c1-14(16(21)20-6-4-2-3-5-7-20)18-8-10-19(11-9-18)15-12-17-13-15/h14-15,17H,2-13H2,1H3. The van der Waals surface area contributed by atoms with Gasteiger partial charge in [-0.25, -0.2) is 0 Å². The molecule has 1 N–H and O–H groups in total. The Morgan fingerprint density at radius 2 is 1.57 bits per heavy atom. The Balaban J connectivity index is 1.48. The summed E-state index contributed by atoms with van der Waals surface area (Å²) in [4.78, 5) is 19.8. The third-order valence-corrected chi connectivity index (χ3v) is 5.45. The van der Waals surface area contributed by atoms with Gasteiger partial charge in [-0.2, -0.15) is 0 Å². The molecule has 3 aliphatic rings. The Kier molecular flexibility index (Phi) is 5.14. The van der Waals surface area contributed by atoms with E-state index in [0.717, 1.165) is 58.4 Å². The van der Waals surface area contributed by atoms with E-state index < -0.39 is 0 Å². The van der Waals surface area contributed by atoms with Crippen LogP contribution in [-0.2, 0) is 4.79 Å². The minimum atomic E-state index is 0.0600. The number of nitrogens with zero attached hydrogens (tertiary/aromatic N) is 3. The highest BCUT2D eigenvalue weighted by Crippen LogP contribution is 2.15. The summed E-state index contributed by atoms with van der Waals surface area (Å²) in [6, 6.07) is 0.800. The average molecular weight is 294 g/mol. The second kappa shape index (κ2) is 7.07. The molecule has 0 aromatic heterocycles. The van der Waals surface area contributed by atoms with Crippen LogP contribution in [0.5, 0.6) is 0 Å². The number of carbonyl (C=O) groups excluding carboxylic acids is 1. The number of hydrogen-bond donors (Lipinski definition) is 1. The van der Waals surface area contributed by atoms with Crippen molar-refractivity contribution in [3.05, 3.63) is 0 Å². The number of amides is 1. The molecule has 1 unspecified atom stereocenters. The molecule has 0 saturated carbocycles. The molecule has 3 aliphatic heterocycles. The summed E-state index contributed by atoms with van der Waals surface area (Å²) in [5, 5.41) is 3.34. The van der Waals surface area contributed by atoms with Crippen molar-refractivity contribution < 1.29 is 4.79 Å². The van der Waals surface area contributed by atoms with Crippen molar-refractivity contribution in [1.29, 1.82) is 0 Å². The van der Waals surface area contributed by atoms with Gasteiger partial charge in [0.2, 0.25) is 5.91 Å². The smallest absolute Gasteiger partial charge is 0.239 e. The molecule has 0 aliphatic carbocycles. The lowest BCUT2D eigenvalue weighted by Crippen LogP contribution is -2.63. The van der Waals surface area contributed by atoms with Crippen molar-refractivity contribution in [2.24, 2.45) is 0 Å². The first-order valence-electron chi connectivity index (χ1n) is 8.73. The Morgan fingerprint density at radius 1 is 0.952 bits per heavy atom. The van der Waals surface area contributed by atoms with E-state index in [1.165, 1.54) is 25.7 Å². The fourth-order valence-electron chi connectivity index (χ4n) is 3.73. The average Bonchev–Trinajstić information content (AvgIpc) is 2.74. The summed E-state index contributed by atoms with van der Waals surface area (Å²) in [7, 11) is 0. The third-order valence-electron chi connectivity index (χ3n) is 5.45. The van der Waals surface area contributed by atoms with Gasteiger partial charge in [0.1, 0.15) is 0 Å². The fraction of sp³-hybridized carbons (Fsp3) is 0.938. The highest BCUT2D eigenvalue weighted by molar-refractivity contribution is 5.81. The summed E-state index contributed by atoms with van der Waals surface area (Å²) in [5.41, 5.74) is 0. The summed E-state index contributed by atoms with van der Waals surface area (Å²) >= 11 is 0. The van der Waals surface area contributed by atoms with Crippen LogP contribution >= 0.6 is 0 Å². The van der Waals surface area contributed by atoms with Crippen LogP contribution in [0.1, 0.15) is 32.6 Å². The van der Waals surface area contributed by atoms with Gasteiger partial charge in [0.25, 0.3) is 0 Å². The number of rotatable bonds is 3. The van der Waals surface area contributed by atoms with E-state index in [0.29, 0.717) is 5.91 Å². The SMILES string of the molecule is CC(C(=O)N1CCCCCC1)N1CCN(C2CNC2)CC1. The molecule has 3 saturated heterocycles. The normalized spacial score (nSPS) is 28.0. The number of nitrogens with one attached hydrogen (secondary N) is 1. The molecule has 21 heavy (non-hydrogen) atoms. The monoisotopic (exact) mass is 294 g/mol. The Hall–Kier alpha value is -0.650. The van der Waals surface area contributed by atoms with Crippen LogP contribution in [0.2, 0.25) is 0 Å². The largest absolute Gasteiger partial charge is 0.341 e. The zero-order valence-electron chi connectivity index (χ0n) is 13.4. The van der Waals surface area contributed by atoms with Crippen LogP contribution in [0.4, 0.5) is 0 Å². The van der Waals surface area contributed by atoms with E-state index in [1.54, 1.807) is 0 Å². The quantitative estimate of drug-likeness (QED) is 0.816. The van der Waals surface area contributed by atoms with Crippen molar-refractivity contribution in [2.45, 2.75) is 44.7 Å². The lowest BCUT2D eigenvalue weighted by molar-refractivity contribution is -0.137. The molecule has 5 nitrogen and oxygen atoms in total. The zero-order chi connectivity index (χ0) is 14.7. The lowest BCUT2D eigenvalue weighted by Gasteiger charge is -2.44. The molecule has 0 aromatic rings. The summed E-state index contributed by atoms with van der Waals surface area (Å²) < 4.78 is 0. The van der Waals surface area contributed by atoms with Gasteiger partial charge in [0.15, 0.2) is 0 Å². The summed E-state index contributed by atoms with van der Waals surface area (Å²) in [6.45, 7) is 10.6. The van der Waals surface area contributed by atoms with Crippen molar-refractivity contribution in [3.63, 3.8) is 0 Å². The maximum atomic E-state index is 12.7. The molecule has 120 valence electrons. The number of likely N-dealkylation sites (tertiary alicyclic amines) is 1. The number of hydrogen-bond acceptors (Lipinski definition) is 4. The van der Waals surface area contributed by atoms with E-state index in [-0.39, 0.29) is 6.04 Å². The van der Waals surface area contributed by atoms with E-state index in [2.05, 4.69) is 26.9 Å². The minimum absolute atomic E-state index is 0.0600. The van der Waals surface area contributed by atoms with Crippen LogP contribution < -0.4 is 5.32 Å². The molecule has 0 bridgehead atoms. The predicted octanol–water partition coefficient (Wildman–Crippen LogP) is 0.367. The molecule has 3 rings (SSSR count). The number of piperazine rings is 1. The van der Waals surface area contributed by atoms with Crippen molar-refractivity contribution in [2.75, 3.05) is 52.4 Å². The molecule has 5 heteroatoms. The Labute approximate surface area is 128 Å². The molecule has 0 radical (unpaired) electrons. The summed E-state index contributed by atoms with van der Waals surface area (Å²) in [6.07, 6.45) is 4.93. The van der Waals surface area contributed by atoms with Crippen LogP contribution in [0.25, 0.3) is 0 Å². The zero-order valence-corrected chi connectivity index (χ0v) is 13.4. The Morgan fingerprint density at radius 3 is 2.10 bits per heavy atom. The van der Waals surface area contributed by atoms with Gasteiger partial charge in [-0.05, 0) is 19.8 Å². The minimum Gasteiger partial charge on any atom is -0.341 e. The highest BCUT2D eigenvalue weighted by Gasteiger charge is 2.32. The molecule has 1 amide bonds. The maximum absolute atomic E-state index is 12.7. The predicted molar refractivity (Wildman–Crippen MR) is 84.3 cm³/mol. The first-order valence-corrected chi connectivity index (χ1v) is 8.73. The maximum Gasteiger partial charge on any atom is 0.239 e. The van der Waals surface area contributed by atoms with Crippen molar-refractivity contribution >= 4 is 5.91 Å². The third kappa shape index (κ3) is 3.58. The molecular formula is C16H30N4O. The lowest BCUT2D eigenvalue weighted by atomic mass is 10.1. The molecule has 1 atom stereocenters. The summed E-state index contributed by atoms with van der Waals surface area (Å²) in [5.74, 6) is 0.357. The molecule has 0 spiro atoms. The van der Waals surface area contributed by atoms with Crippen molar-refractivity contribution in [1.82, 2.24) is 20.0 Å². The molecular weight excluding hydrogens is 264 g/mol. The molecule has 3 heterocycles. The van der Waals surface area contributed by atoms with E-state index in [1.807, 2.05) is 0 Å². The second-order valence-electron chi connectivity index (χ2n) is 6.80. The topological polar surface area (TPSA) is 38.8 Å². The van der Waals surface area contributed by atoms with Gasteiger partial charge < -0.3 is 10.2 Å². The van der Waals surface area contributed by atoms with Gasteiger partial charge in [0.05, 0.1) is 6.04 Å².